The number of carboxylic acid groups (broad SMARTS) is 1. The van der Waals surface area contributed by atoms with E-state index in [4.69, 9.17) is 22.3 Å². The molecule has 2 atom stereocenters. The molecule has 5 aliphatic rings. The van der Waals surface area contributed by atoms with Crippen LogP contribution in [0, 0.1) is 21.7 Å². The summed E-state index contributed by atoms with van der Waals surface area (Å²) in [7, 11) is 0. The monoisotopic (exact) mass is 437 g/mol. The maximum Gasteiger partial charge on any atom is 0.311 e. The fourth-order valence-electron chi connectivity index (χ4n) is 5.11. The first-order valence-electron chi connectivity index (χ1n) is 11.2. The zero-order valence-electron chi connectivity index (χ0n) is 19.3. The van der Waals surface area contributed by atoms with E-state index in [0.29, 0.717) is 19.4 Å². The third-order valence-electron chi connectivity index (χ3n) is 8.74. The molecule has 9 nitrogen and oxygen atoms in total. The van der Waals surface area contributed by atoms with Gasteiger partial charge in [-0.2, -0.15) is 0 Å². The van der Waals surface area contributed by atoms with E-state index in [2.05, 4.69) is 24.5 Å². The molecular weight excluding hydrogens is 398 g/mol. The highest BCUT2D eigenvalue weighted by atomic mass is 16.4. The van der Waals surface area contributed by atoms with Gasteiger partial charge >= 0.3 is 5.97 Å². The molecule has 2 unspecified atom stereocenters. The number of hydrogen-bond donors (Lipinski definition) is 6. The van der Waals surface area contributed by atoms with Crippen molar-refractivity contribution in [3.8, 4) is 0 Å². The summed E-state index contributed by atoms with van der Waals surface area (Å²) in [6.45, 7) is 9.75. The average molecular weight is 438 g/mol. The lowest BCUT2D eigenvalue weighted by Crippen LogP contribution is -2.54. The quantitative estimate of drug-likeness (QED) is 0.362. The third kappa shape index (κ3) is 3.64. The molecule has 9 N–H and O–H groups in total. The number of nitrogens with one attached hydrogen (secondary N) is 2. The number of amides is 2. The molecule has 3 saturated carbocycles. The summed E-state index contributed by atoms with van der Waals surface area (Å²) in [5, 5.41) is 14.6. The summed E-state index contributed by atoms with van der Waals surface area (Å²) >= 11 is 0. The molecule has 0 aromatic carbocycles. The van der Waals surface area contributed by atoms with Gasteiger partial charge in [-0.3, -0.25) is 14.4 Å². The maximum absolute atomic E-state index is 11.3. The Morgan fingerprint density at radius 3 is 1.58 bits per heavy atom. The smallest absolute Gasteiger partial charge is 0.311 e. The Bertz CT molecular complexity index is 733. The van der Waals surface area contributed by atoms with Gasteiger partial charge in [0.05, 0.1) is 16.2 Å². The molecule has 5 fully saturated rings. The predicted molar refractivity (Wildman–Crippen MR) is 117 cm³/mol. The lowest BCUT2D eigenvalue weighted by molar-refractivity contribution is -0.145. The Balaban J connectivity index is 0.000000132. The van der Waals surface area contributed by atoms with E-state index in [-0.39, 0.29) is 40.1 Å². The molecular formula is C22H39N5O4. The highest BCUT2D eigenvalue weighted by molar-refractivity contribution is 5.90. The SMILES string of the molecule is CC(N)(CN)C1(C(=O)O)CC1.CC1(C)CNC(=O)C12CC2.CC1(N)CNC(=O)C12CC2. The molecule has 0 bridgehead atoms. The van der Waals surface area contributed by atoms with Crippen LogP contribution in [0.4, 0.5) is 0 Å². The van der Waals surface area contributed by atoms with Crippen molar-refractivity contribution >= 4 is 17.8 Å². The maximum atomic E-state index is 11.3. The number of nitrogens with two attached hydrogens (primary N) is 3. The van der Waals surface area contributed by atoms with Gasteiger partial charge in [-0.15, -0.1) is 0 Å². The molecule has 2 aliphatic heterocycles. The van der Waals surface area contributed by atoms with Gasteiger partial charge in [0.1, 0.15) is 0 Å². The summed E-state index contributed by atoms with van der Waals surface area (Å²) in [6.07, 6.45) is 5.48. The minimum atomic E-state index is -0.812. The van der Waals surface area contributed by atoms with E-state index >= 15 is 0 Å². The van der Waals surface area contributed by atoms with Crippen LogP contribution >= 0.6 is 0 Å². The molecule has 2 amide bonds. The molecule has 176 valence electrons. The first-order chi connectivity index (χ1) is 14.1. The van der Waals surface area contributed by atoms with Crippen LogP contribution in [0.15, 0.2) is 0 Å². The number of carbonyl (C=O) groups excluding carboxylic acids is 2. The van der Waals surface area contributed by atoms with Crippen LogP contribution in [0.2, 0.25) is 0 Å². The Morgan fingerprint density at radius 1 is 0.968 bits per heavy atom. The lowest BCUT2D eigenvalue weighted by atomic mass is 9.79. The normalized spacial score (nSPS) is 33.1. The molecule has 0 aromatic rings. The number of hydrogen-bond acceptors (Lipinski definition) is 6. The van der Waals surface area contributed by atoms with Crippen molar-refractivity contribution in [2.24, 2.45) is 38.9 Å². The molecule has 9 heteroatoms. The number of carboxylic acids is 1. The summed E-state index contributed by atoms with van der Waals surface area (Å²) in [4.78, 5) is 33.2. The molecule has 2 heterocycles. The first-order valence-corrected chi connectivity index (χ1v) is 11.2. The Hall–Kier alpha value is -1.71. The minimum Gasteiger partial charge on any atom is -0.481 e. The van der Waals surface area contributed by atoms with Gasteiger partial charge in [-0.25, -0.2) is 0 Å². The third-order valence-corrected chi connectivity index (χ3v) is 8.74. The van der Waals surface area contributed by atoms with Crippen molar-refractivity contribution < 1.29 is 19.5 Å². The Morgan fingerprint density at radius 2 is 1.42 bits per heavy atom. The number of rotatable bonds is 3. The fraction of sp³-hybridized carbons (Fsp3) is 0.864. The molecule has 0 aromatic heterocycles. The second kappa shape index (κ2) is 7.15. The van der Waals surface area contributed by atoms with Gasteiger partial charge in [-0.1, -0.05) is 13.8 Å². The van der Waals surface area contributed by atoms with Crippen LogP contribution in [0.3, 0.4) is 0 Å². The fourth-order valence-corrected chi connectivity index (χ4v) is 5.11. The van der Waals surface area contributed by atoms with Crippen molar-refractivity contribution in [3.05, 3.63) is 0 Å². The van der Waals surface area contributed by atoms with Crippen molar-refractivity contribution in [2.45, 2.75) is 77.3 Å². The Labute approximate surface area is 184 Å². The van der Waals surface area contributed by atoms with Crippen LogP contribution in [-0.2, 0) is 14.4 Å². The molecule has 2 saturated heterocycles. The molecule has 0 radical (unpaired) electrons. The van der Waals surface area contributed by atoms with Crippen LogP contribution in [0.25, 0.3) is 0 Å². The van der Waals surface area contributed by atoms with E-state index in [1.54, 1.807) is 6.92 Å². The van der Waals surface area contributed by atoms with E-state index in [0.717, 1.165) is 32.2 Å². The molecule has 31 heavy (non-hydrogen) atoms. The average Bonchev–Trinajstić information content (AvgIpc) is 3.57. The highest BCUT2D eigenvalue weighted by Gasteiger charge is 2.64. The van der Waals surface area contributed by atoms with Crippen LogP contribution in [-0.4, -0.2) is 53.6 Å². The van der Waals surface area contributed by atoms with Gasteiger partial charge in [0.2, 0.25) is 11.8 Å². The second-order valence-electron chi connectivity index (χ2n) is 11.3. The molecule has 5 rings (SSSR count). The van der Waals surface area contributed by atoms with Gasteiger partial charge < -0.3 is 32.9 Å². The van der Waals surface area contributed by atoms with Gasteiger partial charge in [0.25, 0.3) is 0 Å². The second-order valence-corrected chi connectivity index (χ2v) is 11.3. The summed E-state index contributed by atoms with van der Waals surface area (Å²) < 4.78 is 0. The van der Waals surface area contributed by atoms with Crippen molar-refractivity contribution in [2.75, 3.05) is 19.6 Å². The summed E-state index contributed by atoms with van der Waals surface area (Å²) in [5.74, 6) is -0.358. The summed E-state index contributed by atoms with van der Waals surface area (Å²) in [5.41, 5.74) is 15.4. The van der Waals surface area contributed by atoms with E-state index in [1.807, 2.05) is 6.92 Å². The zero-order valence-corrected chi connectivity index (χ0v) is 19.3. The zero-order chi connectivity index (χ0) is 23.5. The van der Waals surface area contributed by atoms with Crippen molar-refractivity contribution in [1.82, 2.24) is 10.6 Å². The topological polar surface area (TPSA) is 174 Å². The van der Waals surface area contributed by atoms with Gasteiger partial charge in [0, 0.05) is 30.7 Å². The van der Waals surface area contributed by atoms with Crippen LogP contribution in [0.5, 0.6) is 0 Å². The van der Waals surface area contributed by atoms with E-state index in [9.17, 15) is 14.4 Å². The lowest BCUT2D eigenvalue weighted by Gasteiger charge is -2.29. The molecule has 2 spiro atoms. The van der Waals surface area contributed by atoms with Crippen LogP contribution < -0.4 is 27.8 Å². The van der Waals surface area contributed by atoms with Crippen LogP contribution in [0.1, 0.15) is 66.2 Å². The van der Waals surface area contributed by atoms with Crippen molar-refractivity contribution in [3.63, 3.8) is 0 Å². The predicted octanol–water partition coefficient (Wildman–Crippen LogP) is 0.0637. The van der Waals surface area contributed by atoms with Crippen molar-refractivity contribution in [1.29, 1.82) is 0 Å². The number of carbonyl (C=O) groups is 3. The van der Waals surface area contributed by atoms with E-state index < -0.39 is 16.9 Å². The Kier molecular flexibility index (Phi) is 5.52. The minimum absolute atomic E-state index is 0.0486. The highest BCUT2D eigenvalue weighted by Crippen LogP contribution is 2.61. The number of aliphatic carboxylic acids is 1. The van der Waals surface area contributed by atoms with Gasteiger partial charge in [-0.05, 0) is 57.8 Å². The summed E-state index contributed by atoms with van der Waals surface area (Å²) in [6, 6.07) is 0. The van der Waals surface area contributed by atoms with Gasteiger partial charge in [0.15, 0.2) is 0 Å². The standard InChI is InChI=1S/C8H13NO.C7H14N2O2.C7H12N2O/c1-7(2)5-9-6(10)8(7)3-4-8;1-6(9,4-8)7(2-3-7)5(10)11;1-6(8)4-9-5(10)7(6)2-3-7/h3-5H2,1-2H3,(H,9,10);2-4,8-9H2,1H3,(H,10,11);2-4,8H2,1H3,(H,9,10). The van der Waals surface area contributed by atoms with E-state index in [1.165, 1.54) is 0 Å². The largest absolute Gasteiger partial charge is 0.481 e. The first kappa shape index (κ1) is 23.9. The molecule has 3 aliphatic carbocycles.